The summed E-state index contributed by atoms with van der Waals surface area (Å²) < 4.78 is 5.42. The fourth-order valence-electron chi connectivity index (χ4n) is 2.57. The largest absolute Gasteiger partial charge is 0.444 e. The van der Waals surface area contributed by atoms with E-state index in [0.717, 1.165) is 23.6 Å². The highest BCUT2D eigenvalue weighted by molar-refractivity contribution is 6.31. The number of carbonyl (C=O) groups is 1. The molecule has 0 radical (unpaired) electrons. The summed E-state index contributed by atoms with van der Waals surface area (Å²) in [7, 11) is 0. The molecule has 1 unspecified atom stereocenters. The molecule has 1 fully saturated rings. The molecule has 1 aliphatic rings. The van der Waals surface area contributed by atoms with Gasteiger partial charge in [-0.25, -0.2) is 4.79 Å². The van der Waals surface area contributed by atoms with E-state index in [1.807, 2.05) is 39.8 Å². The van der Waals surface area contributed by atoms with Gasteiger partial charge in [-0.1, -0.05) is 23.7 Å². The van der Waals surface area contributed by atoms with Gasteiger partial charge in [-0.2, -0.15) is 0 Å². The molecular formula is C16H22ClNO2. The Morgan fingerprint density at radius 3 is 2.75 bits per heavy atom. The monoisotopic (exact) mass is 295 g/mol. The van der Waals surface area contributed by atoms with E-state index in [2.05, 4.69) is 6.07 Å². The molecule has 0 spiro atoms. The van der Waals surface area contributed by atoms with Gasteiger partial charge >= 0.3 is 6.09 Å². The van der Waals surface area contributed by atoms with Crippen molar-refractivity contribution >= 4 is 17.7 Å². The van der Waals surface area contributed by atoms with Crippen molar-refractivity contribution in [2.75, 3.05) is 13.1 Å². The number of nitrogens with zero attached hydrogens (tertiary/aromatic N) is 1. The molecule has 1 aliphatic heterocycles. The summed E-state index contributed by atoms with van der Waals surface area (Å²) in [5.74, 6) is 0.348. The first-order chi connectivity index (χ1) is 9.28. The fraction of sp³-hybridized carbons (Fsp3) is 0.562. The molecule has 0 aromatic heterocycles. The fourth-order valence-corrected chi connectivity index (χ4v) is 2.75. The lowest BCUT2D eigenvalue weighted by Gasteiger charge is -2.24. The Kier molecular flexibility index (Phi) is 4.28. The molecule has 1 amide bonds. The van der Waals surface area contributed by atoms with Crippen LogP contribution in [0.25, 0.3) is 0 Å². The van der Waals surface area contributed by atoms with E-state index < -0.39 is 5.60 Å². The van der Waals surface area contributed by atoms with Crippen LogP contribution in [0.3, 0.4) is 0 Å². The van der Waals surface area contributed by atoms with Crippen LogP contribution in [0.4, 0.5) is 4.79 Å². The average molecular weight is 296 g/mol. The Balaban J connectivity index is 2.06. The lowest BCUT2D eigenvalue weighted by Crippen LogP contribution is -2.35. The highest BCUT2D eigenvalue weighted by Crippen LogP contribution is 2.32. The number of carbonyl (C=O) groups excluding carboxylic acids is 1. The van der Waals surface area contributed by atoms with Crippen LogP contribution < -0.4 is 0 Å². The van der Waals surface area contributed by atoms with Crippen LogP contribution in [0.5, 0.6) is 0 Å². The summed E-state index contributed by atoms with van der Waals surface area (Å²) in [6.45, 7) is 9.15. The Morgan fingerprint density at radius 2 is 2.10 bits per heavy atom. The van der Waals surface area contributed by atoms with Gasteiger partial charge in [-0.15, -0.1) is 0 Å². The van der Waals surface area contributed by atoms with Gasteiger partial charge in [0, 0.05) is 24.0 Å². The van der Waals surface area contributed by atoms with Crippen LogP contribution in [0, 0.1) is 6.92 Å². The molecule has 1 atom stereocenters. The number of amides is 1. The molecule has 0 saturated carbocycles. The highest BCUT2D eigenvalue weighted by atomic mass is 35.5. The zero-order valence-corrected chi connectivity index (χ0v) is 13.3. The molecule has 0 N–H and O–H groups in total. The van der Waals surface area contributed by atoms with E-state index in [1.165, 1.54) is 5.56 Å². The molecule has 4 heteroatoms. The number of likely N-dealkylation sites (tertiary alicyclic amines) is 1. The minimum atomic E-state index is -0.443. The summed E-state index contributed by atoms with van der Waals surface area (Å²) in [4.78, 5) is 13.9. The van der Waals surface area contributed by atoms with Crippen LogP contribution in [-0.2, 0) is 4.74 Å². The van der Waals surface area contributed by atoms with Gasteiger partial charge in [-0.05, 0) is 51.3 Å². The summed E-state index contributed by atoms with van der Waals surface area (Å²) in [6.07, 6.45) is 0.736. The van der Waals surface area contributed by atoms with Gasteiger partial charge in [0.1, 0.15) is 5.60 Å². The molecule has 1 saturated heterocycles. The third kappa shape index (κ3) is 3.45. The molecule has 0 bridgehead atoms. The summed E-state index contributed by atoms with van der Waals surface area (Å²) in [5, 5.41) is 0.790. The van der Waals surface area contributed by atoms with Gasteiger partial charge in [0.25, 0.3) is 0 Å². The van der Waals surface area contributed by atoms with Crippen molar-refractivity contribution in [1.82, 2.24) is 4.90 Å². The van der Waals surface area contributed by atoms with Crippen molar-refractivity contribution in [2.45, 2.75) is 45.6 Å². The van der Waals surface area contributed by atoms with Crippen LogP contribution in [0.1, 0.15) is 44.2 Å². The van der Waals surface area contributed by atoms with E-state index in [-0.39, 0.29) is 6.09 Å². The van der Waals surface area contributed by atoms with E-state index in [9.17, 15) is 4.79 Å². The van der Waals surface area contributed by atoms with Crippen LogP contribution >= 0.6 is 11.6 Å². The van der Waals surface area contributed by atoms with Crippen molar-refractivity contribution in [2.24, 2.45) is 0 Å². The van der Waals surface area contributed by atoms with E-state index in [0.29, 0.717) is 12.5 Å². The standard InChI is InChI=1S/C16H22ClNO2/c1-11-13(6-5-7-14(11)17)12-8-9-18(10-12)15(19)20-16(2,3)4/h5-7,12H,8-10H2,1-4H3. The maximum Gasteiger partial charge on any atom is 0.410 e. The predicted molar refractivity (Wildman–Crippen MR) is 81.4 cm³/mol. The first-order valence-corrected chi connectivity index (χ1v) is 7.38. The van der Waals surface area contributed by atoms with Gasteiger partial charge in [0.2, 0.25) is 0 Å². The molecule has 0 aliphatic carbocycles. The van der Waals surface area contributed by atoms with Crippen molar-refractivity contribution in [3.05, 3.63) is 34.3 Å². The molecular weight excluding hydrogens is 274 g/mol. The summed E-state index contributed by atoms with van der Waals surface area (Å²) >= 11 is 6.17. The van der Waals surface area contributed by atoms with Crippen LogP contribution in [0.2, 0.25) is 5.02 Å². The summed E-state index contributed by atoms with van der Waals surface area (Å²) in [6, 6.07) is 5.98. The quantitative estimate of drug-likeness (QED) is 0.770. The number of benzene rings is 1. The number of halogens is 1. The van der Waals surface area contributed by atoms with Gasteiger partial charge < -0.3 is 9.64 Å². The molecule has 1 aromatic rings. The van der Waals surface area contributed by atoms with Crippen molar-refractivity contribution in [3.63, 3.8) is 0 Å². The van der Waals surface area contributed by atoms with E-state index in [4.69, 9.17) is 16.3 Å². The van der Waals surface area contributed by atoms with Gasteiger partial charge in [-0.3, -0.25) is 0 Å². The van der Waals surface area contributed by atoms with Crippen LogP contribution in [-0.4, -0.2) is 29.7 Å². The third-order valence-corrected chi connectivity index (χ3v) is 4.00. The van der Waals surface area contributed by atoms with Gasteiger partial charge in [0.15, 0.2) is 0 Å². The van der Waals surface area contributed by atoms with E-state index in [1.54, 1.807) is 4.90 Å². The molecule has 1 aromatic carbocycles. The zero-order valence-electron chi connectivity index (χ0n) is 12.6. The number of hydrogen-bond donors (Lipinski definition) is 0. The molecule has 2 rings (SSSR count). The predicted octanol–water partition coefficient (Wildman–Crippen LogP) is 4.37. The Hall–Kier alpha value is -1.22. The van der Waals surface area contributed by atoms with Crippen molar-refractivity contribution in [3.8, 4) is 0 Å². The third-order valence-electron chi connectivity index (χ3n) is 3.59. The molecule has 20 heavy (non-hydrogen) atoms. The topological polar surface area (TPSA) is 29.5 Å². The smallest absolute Gasteiger partial charge is 0.410 e. The average Bonchev–Trinajstić information content (AvgIpc) is 2.80. The van der Waals surface area contributed by atoms with Crippen molar-refractivity contribution in [1.29, 1.82) is 0 Å². The minimum Gasteiger partial charge on any atom is -0.444 e. The Morgan fingerprint density at radius 1 is 1.40 bits per heavy atom. The lowest BCUT2D eigenvalue weighted by atomic mass is 9.94. The molecule has 3 nitrogen and oxygen atoms in total. The zero-order chi connectivity index (χ0) is 14.9. The molecule has 1 heterocycles. The van der Waals surface area contributed by atoms with Gasteiger partial charge in [0.05, 0.1) is 0 Å². The highest BCUT2D eigenvalue weighted by Gasteiger charge is 2.31. The maximum atomic E-state index is 12.1. The second-order valence-corrected chi connectivity index (χ2v) is 6.77. The lowest BCUT2D eigenvalue weighted by molar-refractivity contribution is 0.0292. The summed E-state index contributed by atoms with van der Waals surface area (Å²) in [5.41, 5.74) is 1.91. The Labute approximate surface area is 125 Å². The number of ether oxygens (including phenoxy) is 1. The first-order valence-electron chi connectivity index (χ1n) is 7.01. The number of rotatable bonds is 1. The minimum absolute atomic E-state index is 0.223. The maximum absolute atomic E-state index is 12.1. The van der Waals surface area contributed by atoms with E-state index >= 15 is 0 Å². The van der Waals surface area contributed by atoms with Crippen molar-refractivity contribution < 1.29 is 9.53 Å². The first kappa shape index (κ1) is 15.2. The second kappa shape index (κ2) is 5.65. The Bertz CT molecular complexity index is 508. The molecule has 110 valence electrons. The SMILES string of the molecule is Cc1c(Cl)cccc1C1CCN(C(=O)OC(C)(C)C)C1. The normalized spacial score (nSPS) is 19.2. The second-order valence-electron chi connectivity index (χ2n) is 6.37. The van der Waals surface area contributed by atoms with Crippen LogP contribution in [0.15, 0.2) is 18.2 Å². The number of hydrogen-bond acceptors (Lipinski definition) is 2.